The third-order valence-electron chi connectivity index (χ3n) is 12.5. The first-order valence-electron chi connectivity index (χ1n) is 21.5. The molecule has 2 aliphatic heterocycles. The molecule has 3 aromatic rings. The summed E-state index contributed by atoms with van der Waals surface area (Å²) < 4.78 is 2.31. The molecule has 11 nitrogen and oxygen atoms in total. The minimum atomic E-state index is -0.479. The minimum absolute atomic E-state index is 0.0575. The van der Waals surface area contributed by atoms with Gasteiger partial charge in [-0.15, -0.1) is 11.8 Å². The molecule has 12 heteroatoms. The molecule has 4 heterocycles. The highest BCUT2D eigenvalue weighted by Gasteiger charge is 2.48. The molecule has 1 aromatic carbocycles. The second kappa shape index (κ2) is 18.5. The Kier molecular flexibility index (Phi) is 12.7. The summed E-state index contributed by atoms with van der Waals surface area (Å²) in [4.78, 5) is 64.5. The first-order chi connectivity index (χ1) is 28.8. The van der Waals surface area contributed by atoms with Gasteiger partial charge in [-0.25, -0.2) is 9.97 Å². The van der Waals surface area contributed by atoms with E-state index in [2.05, 4.69) is 39.3 Å². The Hall–Kier alpha value is -5.07. The molecule has 59 heavy (non-hydrogen) atoms. The monoisotopic (exact) mass is 813 g/mol. The Bertz CT molecular complexity index is 2290. The number of nitrogens with zero attached hydrogens (tertiary/aromatic N) is 4. The summed E-state index contributed by atoms with van der Waals surface area (Å²) in [5, 5.41) is 7.30. The summed E-state index contributed by atoms with van der Waals surface area (Å²) in [6.45, 7) is 3.98. The van der Waals surface area contributed by atoms with Crippen LogP contribution in [0.2, 0.25) is 0 Å². The number of nitrogens with two attached hydrogens (primary N) is 1. The molecular weight excluding hydrogens is 759 g/mol. The zero-order valence-electron chi connectivity index (χ0n) is 33.9. The maximum atomic E-state index is 13.6. The van der Waals surface area contributed by atoms with Gasteiger partial charge in [-0.1, -0.05) is 92.3 Å². The molecule has 8 rings (SSSR count). The Morgan fingerprint density at radius 2 is 1.73 bits per heavy atom. The van der Waals surface area contributed by atoms with E-state index in [0.717, 1.165) is 103 Å². The van der Waals surface area contributed by atoms with Crippen molar-refractivity contribution in [1.29, 1.82) is 0 Å². The molecule has 0 spiro atoms. The maximum Gasteiger partial charge on any atom is 0.242 e. The molecule has 3 fully saturated rings. The van der Waals surface area contributed by atoms with Gasteiger partial charge in [-0.05, 0) is 68.1 Å². The third-order valence-corrected chi connectivity index (χ3v) is 13.8. The van der Waals surface area contributed by atoms with Crippen molar-refractivity contribution in [2.24, 2.45) is 17.8 Å². The van der Waals surface area contributed by atoms with Gasteiger partial charge in [-0.3, -0.25) is 29.4 Å². The Labute approximate surface area is 350 Å². The lowest BCUT2D eigenvalue weighted by Crippen LogP contribution is -2.39. The number of imidazole rings is 1. The number of aryl methyl sites for hydroxylation is 2. The van der Waals surface area contributed by atoms with Gasteiger partial charge >= 0.3 is 0 Å². The van der Waals surface area contributed by atoms with Crippen molar-refractivity contribution in [1.82, 2.24) is 30.1 Å². The highest BCUT2D eigenvalue weighted by atomic mass is 32.2. The molecule has 0 radical (unpaired) electrons. The number of amides is 3. The molecule has 4 N–H and O–H groups in total. The van der Waals surface area contributed by atoms with E-state index in [9.17, 15) is 19.2 Å². The zero-order valence-corrected chi connectivity index (χ0v) is 34.7. The van der Waals surface area contributed by atoms with Crippen LogP contribution in [-0.4, -0.2) is 79.1 Å². The van der Waals surface area contributed by atoms with E-state index in [-0.39, 0.29) is 59.8 Å². The smallest absolute Gasteiger partial charge is 0.242 e. The maximum absolute atomic E-state index is 13.6. The summed E-state index contributed by atoms with van der Waals surface area (Å²) in [6.07, 6.45) is 27.9. The lowest BCUT2D eigenvalue weighted by molar-refractivity contribution is -0.139. The average Bonchev–Trinajstić information content (AvgIpc) is 3.96. The number of ketones is 1. The lowest BCUT2D eigenvalue weighted by Gasteiger charge is -2.30. The number of unbranched alkanes of at least 4 members (excludes halogenated alkanes) is 2. The van der Waals surface area contributed by atoms with Crippen LogP contribution in [0.1, 0.15) is 70.5 Å². The number of aromatic nitrogens is 3. The number of likely N-dealkylation sites (tertiary alicyclic amines) is 1. The zero-order chi connectivity index (χ0) is 40.9. The Morgan fingerprint density at radius 1 is 0.949 bits per heavy atom. The summed E-state index contributed by atoms with van der Waals surface area (Å²) in [6, 6.07) is 7.58. The summed E-state index contributed by atoms with van der Waals surface area (Å²) in [7, 11) is 0. The molecule has 1 saturated carbocycles. The van der Waals surface area contributed by atoms with Gasteiger partial charge < -0.3 is 15.6 Å². The van der Waals surface area contributed by atoms with Crippen LogP contribution in [0.15, 0.2) is 96.2 Å². The van der Waals surface area contributed by atoms with Gasteiger partial charge in [0.15, 0.2) is 11.6 Å². The number of Topliss-reactive ketones (excluding diaryl/α,β-unsaturated/α-hetero) is 1. The van der Waals surface area contributed by atoms with Crippen LogP contribution in [0, 0.1) is 17.8 Å². The molecule has 3 aliphatic carbocycles. The van der Waals surface area contributed by atoms with Crippen molar-refractivity contribution in [2.45, 2.75) is 95.0 Å². The average molecular weight is 814 g/mol. The van der Waals surface area contributed by atoms with E-state index in [4.69, 9.17) is 10.7 Å². The van der Waals surface area contributed by atoms with Crippen molar-refractivity contribution < 1.29 is 19.2 Å². The van der Waals surface area contributed by atoms with Gasteiger partial charge in [0.1, 0.15) is 11.3 Å². The van der Waals surface area contributed by atoms with Gasteiger partial charge in [-0.2, -0.15) is 0 Å². The number of nitrogen functional groups attached to an aromatic ring is 1. The highest BCUT2D eigenvalue weighted by Crippen LogP contribution is 2.39. The number of hydrogen-bond acceptors (Lipinski definition) is 9. The molecule has 5 aliphatic rings. The highest BCUT2D eigenvalue weighted by molar-refractivity contribution is 8.00. The molecule has 2 aromatic heterocycles. The van der Waals surface area contributed by atoms with Gasteiger partial charge in [0.25, 0.3) is 0 Å². The molecule has 2 bridgehead atoms. The molecular formula is C47H55N7O4S. The number of anilines is 1. The van der Waals surface area contributed by atoms with E-state index < -0.39 is 5.25 Å². The van der Waals surface area contributed by atoms with Gasteiger partial charge in [0.05, 0.1) is 28.2 Å². The van der Waals surface area contributed by atoms with Crippen molar-refractivity contribution in [3.63, 3.8) is 0 Å². The van der Waals surface area contributed by atoms with Crippen molar-refractivity contribution in [3.05, 3.63) is 102 Å². The molecule has 4 unspecified atom stereocenters. The fourth-order valence-electron chi connectivity index (χ4n) is 9.36. The minimum Gasteiger partial charge on any atom is -0.382 e. The molecule has 3 amide bonds. The van der Waals surface area contributed by atoms with Gasteiger partial charge in [0, 0.05) is 55.6 Å². The number of carbonyl (C=O) groups is 4. The summed E-state index contributed by atoms with van der Waals surface area (Å²) in [5.74, 6) is 1.74. The molecule has 2 saturated heterocycles. The van der Waals surface area contributed by atoms with Crippen LogP contribution in [0.5, 0.6) is 0 Å². The fourth-order valence-corrected chi connectivity index (χ4v) is 10.6. The van der Waals surface area contributed by atoms with Crippen LogP contribution >= 0.6 is 11.8 Å². The van der Waals surface area contributed by atoms with Crippen molar-refractivity contribution in [2.75, 3.05) is 24.6 Å². The van der Waals surface area contributed by atoms with Crippen LogP contribution < -0.4 is 16.4 Å². The summed E-state index contributed by atoms with van der Waals surface area (Å²) in [5.41, 5.74) is 11.1. The van der Waals surface area contributed by atoms with E-state index in [1.54, 1.807) is 0 Å². The standard InChI is InChI=1S/C47H55N7O4S/c1-2-3-19-38-52-42-43(34-17-11-12-18-35(34)51-45(42)48)53(38)25-14-13-24-49-46(57)31-22-20-30(21-23-31)28-54-39(55)27-37(47(54)58)59-29-36-44(56)40-32-15-9-7-5-4-6-8-10-16-33(26-32)41(40)50-36/h4-12,15-18,26,30-31,36-37,40-41,50H,2-3,13-14,19-25,27-29H2,1H3,(H2,48,51)(H,49,57)/b5-4-,6-4?,7-5?,8-6-,9-7-,10-8?,15-9?,16-10-,32-15+,33-16?. The van der Waals surface area contributed by atoms with E-state index >= 15 is 0 Å². The first kappa shape index (κ1) is 40.7. The van der Waals surface area contributed by atoms with Crippen LogP contribution in [0.3, 0.4) is 0 Å². The van der Waals surface area contributed by atoms with E-state index in [1.165, 1.54) is 16.7 Å². The number of benzene rings is 1. The number of imide groups is 1. The quantitative estimate of drug-likeness (QED) is 0.119. The SMILES string of the molecule is CCCCc1nc2c(N)nc3ccccc3c2n1CCCCNC(=O)C1CCC(CN2C(=O)CC(SCC3NC4C5=CC(=C/C=C\C=C/C=C\C=C/5)\C4C3=O)C2=O)CC1. The van der Waals surface area contributed by atoms with E-state index in [1.807, 2.05) is 72.9 Å². The number of para-hydroxylation sites is 1. The number of fused-ring (bicyclic) bond motifs is 7. The van der Waals surface area contributed by atoms with Crippen LogP contribution in [-0.2, 0) is 32.1 Å². The summed E-state index contributed by atoms with van der Waals surface area (Å²) >= 11 is 1.42. The lowest BCUT2D eigenvalue weighted by atomic mass is 9.81. The van der Waals surface area contributed by atoms with Gasteiger partial charge in [0.2, 0.25) is 17.7 Å². The third kappa shape index (κ3) is 8.80. The second-order valence-corrected chi connectivity index (χ2v) is 17.7. The van der Waals surface area contributed by atoms with Crippen molar-refractivity contribution >= 4 is 63.0 Å². The topological polar surface area (TPSA) is 152 Å². The number of carbonyl (C=O) groups excluding carboxylic acids is 4. The largest absolute Gasteiger partial charge is 0.382 e. The predicted octanol–water partition coefficient (Wildman–Crippen LogP) is 6.70. The molecule has 308 valence electrons. The molecule has 4 atom stereocenters. The number of allylic oxidation sites excluding steroid dienone is 9. The van der Waals surface area contributed by atoms with Crippen LogP contribution in [0.25, 0.3) is 21.9 Å². The first-order valence-corrected chi connectivity index (χ1v) is 22.5. The number of thioether (sulfide) groups is 1. The second-order valence-electron chi connectivity index (χ2n) is 16.5. The van der Waals surface area contributed by atoms with Crippen molar-refractivity contribution in [3.8, 4) is 0 Å². The Balaban J connectivity index is 0.777. The number of hydrogen-bond donors (Lipinski definition) is 3. The van der Waals surface area contributed by atoms with Crippen LogP contribution in [0.4, 0.5) is 5.82 Å². The fraction of sp³-hybridized carbons (Fsp3) is 0.447. The Morgan fingerprint density at radius 3 is 2.54 bits per heavy atom. The van der Waals surface area contributed by atoms with E-state index in [0.29, 0.717) is 24.7 Å². The number of nitrogens with one attached hydrogen (secondary N) is 2. The number of rotatable bonds is 14. The normalized spacial score (nSPS) is 28.5. The predicted molar refractivity (Wildman–Crippen MR) is 235 cm³/mol. The number of pyridine rings is 1.